The Kier molecular flexibility index (Phi) is 14.1. The van der Waals surface area contributed by atoms with Gasteiger partial charge in [-0.3, -0.25) is 9.59 Å². The maximum Gasteiger partial charge on any atom is 0.408 e. The van der Waals surface area contributed by atoms with Crippen LogP contribution in [-0.4, -0.2) is 59.0 Å². The first kappa shape index (κ1) is 32.8. The van der Waals surface area contributed by atoms with Crippen LogP contribution in [-0.2, 0) is 14.3 Å². The molecule has 0 heterocycles. The van der Waals surface area contributed by atoms with Gasteiger partial charge >= 0.3 is 6.09 Å². The minimum atomic E-state index is -0.809. The van der Waals surface area contributed by atoms with Crippen LogP contribution < -0.4 is 10.6 Å². The molecule has 3 amide bonds. The first-order valence-corrected chi connectivity index (χ1v) is 14.9. The molecular formula is C29H49N3O4S. The molecule has 8 heteroatoms. The van der Waals surface area contributed by atoms with E-state index in [1.165, 1.54) is 0 Å². The van der Waals surface area contributed by atoms with Crippen molar-refractivity contribution in [2.24, 2.45) is 0 Å². The Balaban J connectivity index is 3.51. The number of nitrogens with one attached hydrogen (secondary N) is 2. The molecule has 2 N–H and O–H groups in total. The number of hydrogen-bond donors (Lipinski definition) is 2. The van der Waals surface area contributed by atoms with Gasteiger partial charge in [0.2, 0.25) is 11.8 Å². The molecule has 37 heavy (non-hydrogen) atoms. The Morgan fingerprint density at radius 1 is 1.11 bits per heavy atom. The Morgan fingerprint density at radius 2 is 1.78 bits per heavy atom. The molecule has 3 unspecified atom stereocenters. The predicted molar refractivity (Wildman–Crippen MR) is 154 cm³/mol. The minimum absolute atomic E-state index is 0.195. The van der Waals surface area contributed by atoms with Gasteiger partial charge in [0.15, 0.2) is 0 Å². The van der Waals surface area contributed by atoms with Gasteiger partial charge in [-0.15, -0.1) is 0 Å². The molecule has 1 rings (SSSR count). The van der Waals surface area contributed by atoms with Crippen LogP contribution in [0.3, 0.4) is 0 Å². The monoisotopic (exact) mass is 535 g/mol. The highest BCUT2D eigenvalue weighted by Crippen LogP contribution is 2.30. The van der Waals surface area contributed by atoms with Crippen molar-refractivity contribution < 1.29 is 19.1 Å². The van der Waals surface area contributed by atoms with Crippen molar-refractivity contribution >= 4 is 29.7 Å². The third-order valence-corrected chi connectivity index (χ3v) is 6.90. The summed E-state index contributed by atoms with van der Waals surface area (Å²) in [5.74, 6) is 0.209. The lowest BCUT2D eigenvalue weighted by Gasteiger charge is -2.39. The third kappa shape index (κ3) is 11.0. The topological polar surface area (TPSA) is 87.7 Å². The van der Waals surface area contributed by atoms with Crippen molar-refractivity contribution in [3.8, 4) is 0 Å². The molecule has 0 aliphatic carbocycles. The summed E-state index contributed by atoms with van der Waals surface area (Å²) in [5, 5.41) is 5.88. The summed E-state index contributed by atoms with van der Waals surface area (Å²) < 4.78 is 5.46. The van der Waals surface area contributed by atoms with Crippen molar-refractivity contribution in [2.75, 3.05) is 18.6 Å². The van der Waals surface area contributed by atoms with Gasteiger partial charge in [-0.2, -0.15) is 11.8 Å². The highest BCUT2D eigenvalue weighted by atomic mass is 32.2. The fourth-order valence-electron chi connectivity index (χ4n) is 4.07. The zero-order valence-corrected chi connectivity index (χ0v) is 25.2. The number of carbonyl (C=O) groups is 3. The number of rotatable bonds is 14. The fraction of sp³-hybridized carbons (Fsp3) is 0.690. The highest BCUT2D eigenvalue weighted by Gasteiger charge is 2.38. The molecule has 0 aliphatic heterocycles. The van der Waals surface area contributed by atoms with Crippen LogP contribution in [0.15, 0.2) is 18.2 Å². The molecule has 210 valence electrons. The zero-order chi connectivity index (χ0) is 28.2. The van der Waals surface area contributed by atoms with E-state index in [4.69, 9.17) is 4.74 Å². The number of thioether (sulfide) groups is 1. The molecule has 0 saturated carbocycles. The molecule has 3 atom stereocenters. The second-order valence-electron chi connectivity index (χ2n) is 10.7. The van der Waals surface area contributed by atoms with E-state index in [1.807, 2.05) is 52.1 Å². The SMILES string of the molecule is CCCCCNC(=O)C(c1cc(C)ccc1C)N(C(=O)C(CCSC)NC(=O)OC(C)(C)C)C(C)CC. The first-order chi connectivity index (χ1) is 17.4. The summed E-state index contributed by atoms with van der Waals surface area (Å²) >= 11 is 1.60. The van der Waals surface area contributed by atoms with Crippen LogP contribution in [0.25, 0.3) is 0 Å². The Labute approximate surface area is 228 Å². The number of benzene rings is 1. The molecule has 0 radical (unpaired) electrons. The summed E-state index contributed by atoms with van der Waals surface area (Å²) in [6, 6.07) is 4.15. The Morgan fingerprint density at radius 3 is 2.35 bits per heavy atom. The molecular weight excluding hydrogens is 486 g/mol. The number of amides is 3. The lowest BCUT2D eigenvalue weighted by molar-refractivity contribution is -0.145. The largest absolute Gasteiger partial charge is 0.444 e. The van der Waals surface area contributed by atoms with E-state index in [9.17, 15) is 14.4 Å². The number of nitrogens with zero attached hydrogens (tertiary/aromatic N) is 1. The molecule has 7 nitrogen and oxygen atoms in total. The fourth-order valence-corrected chi connectivity index (χ4v) is 4.55. The summed E-state index contributed by atoms with van der Waals surface area (Å²) in [5.41, 5.74) is 2.09. The minimum Gasteiger partial charge on any atom is -0.444 e. The van der Waals surface area contributed by atoms with Gasteiger partial charge < -0.3 is 20.3 Å². The predicted octanol–water partition coefficient (Wildman–Crippen LogP) is 5.92. The van der Waals surface area contributed by atoms with Crippen LogP contribution in [0.4, 0.5) is 4.79 Å². The van der Waals surface area contributed by atoms with E-state index in [0.29, 0.717) is 25.1 Å². The maximum atomic E-state index is 14.2. The molecule has 0 saturated heterocycles. The maximum absolute atomic E-state index is 14.2. The van der Waals surface area contributed by atoms with E-state index in [1.54, 1.807) is 37.4 Å². The highest BCUT2D eigenvalue weighted by molar-refractivity contribution is 7.98. The number of unbranched alkanes of at least 4 members (excludes halogenated alkanes) is 2. The molecule has 0 aliphatic rings. The molecule has 0 fully saturated rings. The number of carbonyl (C=O) groups excluding carboxylic acids is 3. The quantitative estimate of drug-likeness (QED) is 0.289. The van der Waals surface area contributed by atoms with E-state index >= 15 is 0 Å². The summed E-state index contributed by atoms with van der Waals surface area (Å²) in [4.78, 5) is 42.3. The average Bonchev–Trinajstić information content (AvgIpc) is 2.82. The van der Waals surface area contributed by atoms with Crippen LogP contribution in [0.5, 0.6) is 0 Å². The van der Waals surface area contributed by atoms with Gasteiger partial charge in [-0.1, -0.05) is 50.5 Å². The van der Waals surface area contributed by atoms with Crippen molar-refractivity contribution in [2.45, 2.75) is 111 Å². The molecule has 0 aromatic heterocycles. The van der Waals surface area contributed by atoms with E-state index in [2.05, 4.69) is 17.6 Å². The van der Waals surface area contributed by atoms with Gasteiger partial charge in [0.05, 0.1) is 0 Å². The molecule has 0 spiro atoms. The van der Waals surface area contributed by atoms with Gasteiger partial charge in [-0.05, 0) is 83.9 Å². The average molecular weight is 536 g/mol. The smallest absolute Gasteiger partial charge is 0.408 e. The number of aryl methyl sites for hydroxylation is 2. The second kappa shape index (κ2) is 15.9. The standard InChI is InChI=1S/C29H49N3O4S/c1-10-12-13-17-30-26(33)25(23-19-20(3)14-15-21(23)4)32(22(5)11-2)27(34)24(16-18-37-9)31-28(35)36-29(6,7)8/h14-15,19,22,24-25H,10-13,16-18H2,1-9H3,(H,30,33)(H,31,35). The van der Waals surface area contributed by atoms with Gasteiger partial charge in [-0.25, -0.2) is 4.79 Å². The number of alkyl carbamates (subject to hydrolysis) is 1. The summed E-state index contributed by atoms with van der Waals surface area (Å²) in [7, 11) is 0. The number of ether oxygens (including phenoxy) is 1. The van der Waals surface area contributed by atoms with Crippen LogP contribution in [0.1, 0.15) is 96.4 Å². The molecule has 1 aromatic rings. The van der Waals surface area contributed by atoms with E-state index in [-0.39, 0.29) is 17.9 Å². The zero-order valence-electron chi connectivity index (χ0n) is 24.4. The third-order valence-electron chi connectivity index (χ3n) is 6.26. The molecule has 0 bridgehead atoms. The van der Waals surface area contributed by atoms with Gasteiger partial charge in [0.25, 0.3) is 0 Å². The van der Waals surface area contributed by atoms with Crippen molar-refractivity contribution in [1.82, 2.24) is 15.5 Å². The second-order valence-corrected chi connectivity index (χ2v) is 11.7. The van der Waals surface area contributed by atoms with Gasteiger partial charge in [0, 0.05) is 12.6 Å². The van der Waals surface area contributed by atoms with Gasteiger partial charge in [0.1, 0.15) is 17.7 Å². The molecule has 1 aromatic carbocycles. The number of hydrogen-bond acceptors (Lipinski definition) is 5. The van der Waals surface area contributed by atoms with Crippen LogP contribution in [0, 0.1) is 13.8 Å². The summed E-state index contributed by atoms with van der Waals surface area (Å²) in [6.45, 7) is 16.0. The summed E-state index contributed by atoms with van der Waals surface area (Å²) in [6.07, 6.45) is 5.39. The lowest BCUT2D eigenvalue weighted by atomic mass is 9.94. The first-order valence-electron chi connectivity index (χ1n) is 13.5. The van der Waals surface area contributed by atoms with Crippen molar-refractivity contribution in [3.05, 3.63) is 34.9 Å². The van der Waals surface area contributed by atoms with Crippen LogP contribution in [0.2, 0.25) is 0 Å². The van der Waals surface area contributed by atoms with Crippen molar-refractivity contribution in [3.63, 3.8) is 0 Å². The van der Waals surface area contributed by atoms with E-state index in [0.717, 1.165) is 36.0 Å². The lowest BCUT2D eigenvalue weighted by Crippen LogP contribution is -2.55. The van der Waals surface area contributed by atoms with Crippen LogP contribution >= 0.6 is 11.8 Å². The normalized spacial score (nSPS) is 13.9. The Bertz CT molecular complexity index is 884. The van der Waals surface area contributed by atoms with Crippen molar-refractivity contribution in [1.29, 1.82) is 0 Å². The van der Waals surface area contributed by atoms with E-state index < -0.39 is 23.8 Å². The Hall–Kier alpha value is -2.22.